The Balaban J connectivity index is 1.78. The number of rotatable bonds is 2. The molecule has 0 bridgehead atoms. The molecular weight excluding hydrogens is 420 g/mol. The zero-order valence-corrected chi connectivity index (χ0v) is 17.2. The number of hydrogen-bond donors (Lipinski definition) is 0. The van der Waals surface area contributed by atoms with Crippen molar-refractivity contribution in [2.45, 2.75) is 0 Å². The first-order valence-electron chi connectivity index (χ1n) is 9.66. The first-order chi connectivity index (χ1) is 14.3. The van der Waals surface area contributed by atoms with Gasteiger partial charge >= 0.3 is 0 Å². The molecule has 0 fully saturated rings. The van der Waals surface area contributed by atoms with Gasteiger partial charge in [0.1, 0.15) is 0 Å². The van der Waals surface area contributed by atoms with E-state index in [1.807, 2.05) is 6.07 Å². The molecule has 2 nitrogen and oxygen atoms in total. The van der Waals surface area contributed by atoms with Crippen molar-refractivity contribution in [3.63, 3.8) is 0 Å². The molecule has 0 aliphatic carbocycles. The van der Waals surface area contributed by atoms with Gasteiger partial charge in [0.15, 0.2) is 0 Å². The van der Waals surface area contributed by atoms with Crippen LogP contribution >= 0.6 is 15.9 Å². The van der Waals surface area contributed by atoms with Crippen molar-refractivity contribution in [3.05, 3.63) is 108 Å². The van der Waals surface area contributed by atoms with Gasteiger partial charge in [-0.1, -0.05) is 54.6 Å². The lowest BCUT2D eigenvalue weighted by Crippen LogP contribution is -1.95. The minimum atomic E-state index is 1.08. The fourth-order valence-corrected chi connectivity index (χ4v) is 4.85. The Labute approximate surface area is 176 Å². The van der Waals surface area contributed by atoms with E-state index in [0.29, 0.717) is 0 Å². The zero-order chi connectivity index (χ0) is 19.4. The molecular formula is C26H17BrN2. The van der Waals surface area contributed by atoms with Crippen molar-refractivity contribution in [2.75, 3.05) is 0 Å². The number of nitrogens with zero attached hydrogens (tertiary/aromatic N) is 2. The summed E-state index contributed by atoms with van der Waals surface area (Å²) >= 11 is 3.71. The summed E-state index contributed by atoms with van der Waals surface area (Å²) < 4.78 is 5.73. The smallest absolute Gasteiger partial charge is 0.0635 e. The largest absolute Gasteiger partial charge is 0.315 e. The molecule has 138 valence electrons. The van der Waals surface area contributed by atoms with E-state index in [2.05, 4.69) is 122 Å². The van der Waals surface area contributed by atoms with E-state index in [0.717, 1.165) is 10.2 Å². The molecule has 0 radical (unpaired) electrons. The van der Waals surface area contributed by atoms with Gasteiger partial charge in [0.2, 0.25) is 0 Å². The Kier molecular flexibility index (Phi) is 3.65. The standard InChI is InChI=1S/C26H17BrN2/c27-22-11-5-7-13-25(22)28-17-16-21-23(28)15-14-20-19-10-4-6-12-24(19)29(26(20)21)18-8-2-1-3-9-18/h1-17H. The molecule has 6 rings (SSSR count). The molecule has 0 spiro atoms. The van der Waals surface area contributed by atoms with Crippen LogP contribution in [0.5, 0.6) is 0 Å². The molecule has 2 heterocycles. The summed E-state index contributed by atoms with van der Waals surface area (Å²) in [5, 5.41) is 3.81. The van der Waals surface area contributed by atoms with Gasteiger partial charge in [-0.05, 0) is 58.4 Å². The third-order valence-corrected chi connectivity index (χ3v) is 6.30. The highest BCUT2D eigenvalue weighted by molar-refractivity contribution is 9.10. The van der Waals surface area contributed by atoms with Gasteiger partial charge in [-0.15, -0.1) is 0 Å². The van der Waals surface area contributed by atoms with E-state index >= 15 is 0 Å². The van der Waals surface area contributed by atoms with E-state index in [1.54, 1.807) is 0 Å². The van der Waals surface area contributed by atoms with Crippen LogP contribution in [0.3, 0.4) is 0 Å². The van der Waals surface area contributed by atoms with Crippen LogP contribution in [0.1, 0.15) is 0 Å². The van der Waals surface area contributed by atoms with Crippen LogP contribution < -0.4 is 0 Å². The van der Waals surface area contributed by atoms with Crippen molar-refractivity contribution in [1.29, 1.82) is 0 Å². The van der Waals surface area contributed by atoms with Crippen molar-refractivity contribution >= 4 is 48.6 Å². The Bertz CT molecular complexity index is 1510. The summed E-state index contributed by atoms with van der Waals surface area (Å²) in [7, 11) is 0. The number of aromatic nitrogens is 2. The summed E-state index contributed by atoms with van der Waals surface area (Å²) in [5.41, 5.74) is 6.00. The van der Waals surface area contributed by atoms with E-state index < -0.39 is 0 Å². The third-order valence-electron chi connectivity index (χ3n) is 5.63. The van der Waals surface area contributed by atoms with E-state index in [9.17, 15) is 0 Å². The van der Waals surface area contributed by atoms with Crippen LogP contribution in [0.2, 0.25) is 0 Å². The van der Waals surface area contributed by atoms with E-state index in [1.165, 1.54) is 38.4 Å². The fraction of sp³-hybridized carbons (Fsp3) is 0. The van der Waals surface area contributed by atoms with Gasteiger partial charge in [-0.25, -0.2) is 0 Å². The van der Waals surface area contributed by atoms with Crippen molar-refractivity contribution in [3.8, 4) is 11.4 Å². The van der Waals surface area contributed by atoms with Crippen LogP contribution in [-0.4, -0.2) is 9.13 Å². The minimum absolute atomic E-state index is 1.08. The van der Waals surface area contributed by atoms with Crippen LogP contribution in [0.4, 0.5) is 0 Å². The summed E-state index contributed by atoms with van der Waals surface area (Å²) in [6.07, 6.45) is 2.16. The molecule has 0 saturated heterocycles. The number of benzene rings is 4. The van der Waals surface area contributed by atoms with Crippen molar-refractivity contribution in [1.82, 2.24) is 9.13 Å². The first-order valence-corrected chi connectivity index (χ1v) is 10.5. The van der Waals surface area contributed by atoms with Crippen LogP contribution in [0, 0.1) is 0 Å². The number of para-hydroxylation sites is 3. The molecule has 4 aromatic carbocycles. The Morgan fingerprint density at radius 2 is 1.31 bits per heavy atom. The second-order valence-electron chi connectivity index (χ2n) is 7.22. The highest BCUT2D eigenvalue weighted by atomic mass is 79.9. The maximum Gasteiger partial charge on any atom is 0.0635 e. The van der Waals surface area contributed by atoms with E-state index in [4.69, 9.17) is 0 Å². The van der Waals surface area contributed by atoms with Crippen LogP contribution in [0.25, 0.3) is 44.1 Å². The SMILES string of the molecule is Brc1ccccc1-n1ccc2c1ccc1c3ccccc3n(-c3ccccc3)c12. The second-order valence-corrected chi connectivity index (χ2v) is 8.07. The van der Waals surface area contributed by atoms with Gasteiger partial charge < -0.3 is 9.13 Å². The minimum Gasteiger partial charge on any atom is -0.315 e. The molecule has 2 aromatic heterocycles. The average Bonchev–Trinajstić information content (AvgIpc) is 3.34. The lowest BCUT2D eigenvalue weighted by molar-refractivity contribution is 1.12. The molecule has 0 aliphatic heterocycles. The van der Waals surface area contributed by atoms with Gasteiger partial charge in [0.25, 0.3) is 0 Å². The molecule has 0 amide bonds. The summed E-state index contributed by atoms with van der Waals surface area (Å²) in [5.74, 6) is 0. The third kappa shape index (κ3) is 2.41. The highest BCUT2D eigenvalue weighted by Gasteiger charge is 2.16. The average molecular weight is 437 g/mol. The maximum atomic E-state index is 3.71. The van der Waals surface area contributed by atoms with Crippen LogP contribution in [-0.2, 0) is 0 Å². The Morgan fingerprint density at radius 1 is 0.552 bits per heavy atom. The van der Waals surface area contributed by atoms with Gasteiger partial charge in [0.05, 0.1) is 22.2 Å². The quantitative estimate of drug-likeness (QED) is 0.266. The zero-order valence-electron chi connectivity index (χ0n) is 15.6. The molecule has 3 heteroatoms. The number of halogens is 1. The molecule has 0 unspecified atom stereocenters. The topological polar surface area (TPSA) is 9.86 Å². The van der Waals surface area contributed by atoms with E-state index in [-0.39, 0.29) is 0 Å². The summed E-state index contributed by atoms with van der Waals surface area (Å²) in [4.78, 5) is 0. The van der Waals surface area contributed by atoms with Gasteiger partial charge in [-0.2, -0.15) is 0 Å². The van der Waals surface area contributed by atoms with Gasteiger partial charge in [-0.3, -0.25) is 0 Å². The molecule has 0 aliphatic rings. The summed E-state index contributed by atoms with van der Waals surface area (Å²) in [6.45, 7) is 0. The normalized spacial score (nSPS) is 11.6. The molecule has 0 N–H and O–H groups in total. The van der Waals surface area contributed by atoms with Crippen molar-refractivity contribution in [2.24, 2.45) is 0 Å². The lowest BCUT2D eigenvalue weighted by Gasteiger charge is -2.10. The lowest BCUT2D eigenvalue weighted by atomic mass is 10.1. The van der Waals surface area contributed by atoms with Crippen LogP contribution in [0.15, 0.2) is 108 Å². The number of fused-ring (bicyclic) bond motifs is 5. The van der Waals surface area contributed by atoms with Crippen molar-refractivity contribution < 1.29 is 0 Å². The number of hydrogen-bond acceptors (Lipinski definition) is 0. The molecule has 0 atom stereocenters. The predicted octanol–water partition coefficient (Wildman–Crippen LogP) is 7.49. The molecule has 29 heavy (non-hydrogen) atoms. The summed E-state index contributed by atoms with van der Waals surface area (Å²) in [6, 6.07) is 34.3. The predicted molar refractivity (Wildman–Crippen MR) is 125 cm³/mol. The van der Waals surface area contributed by atoms with Gasteiger partial charge in [0, 0.05) is 32.5 Å². The monoisotopic (exact) mass is 436 g/mol. The fourth-order valence-electron chi connectivity index (χ4n) is 4.38. The highest BCUT2D eigenvalue weighted by Crippen LogP contribution is 2.38. The second kappa shape index (κ2) is 6.36. The Morgan fingerprint density at radius 3 is 2.17 bits per heavy atom. The maximum absolute atomic E-state index is 3.71. The molecule has 6 aromatic rings. The molecule has 0 saturated carbocycles. The first kappa shape index (κ1) is 16.6. The Hall–Kier alpha value is -3.30.